The van der Waals surface area contributed by atoms with Crippen molar-refractivity contribution < 1.29 is 66.5 Å². The van der Waals surface area contributed by atoms with E-state index >= 15 is 9.59 Å². The number of carbonyl (C=O) groups excluding carboxylic acids is 4. The van der Waals surface area contributed by atoms with Crippen molar-refractivity contribution in [1.29, 1.82) is 0 Å². The topological polar surface area (TPSA) is 204 Å². The molecule has 454 valence electrons. The third kappa shape index (κ3) is 12.9. The van der Waals surface area contributed by atoms with Gasteiger partial charge >= 0.3 is 24.2 Å². The second-order valence-corrected chi connectivity index (χ2v) is 23.4. The zero-order valence-corrected chi connectivity index (χ0v) is 49.5. The highest BCUT2D eigenvalue weighted by Crippen LogP contribution is 2.66. The molecule has 2 N–H and O–H groups in total. The third-order valence-corrected chi connectivity index (χ3v) is 15.6. The molecule has 0 unspecified atom stereocenters. The van der Waals surface area contributed by atoms with Crippen LogP contribution in [0.4, 0.5) is 19.2 Å². The van der Waals surface area contributed by atoms with Gasteiger partial charge in [-0.2, -0.15) is 0 Å². The minimum Gasteiger partial charge on any atom is -0.491 e. The first-order valence-electron chi connectivity index (χ1n) is 29.4. The molecule has 4 aromatic carbocycles. The van der Waals surface area contributed by atoms with Crippen LogP contribution in [-0.4, -0.2) is 196 Å². The number of amides is 6. The summed E-state index contributed by atoms with van der Waals surface area (Å²) in [6.07, 6.45) is -0.963. The monoisotopic (exact) mass is 1160 g/mol. The Kier molecular flexibility index (Phi) is 18.9. The molecule has 0 radical (unpaired) electrons. The van der Waals surface area contributed by atoms with Crippen LogP contribution in [0.25, 0.3) is 0 Å². The van der Waals surface area contributed by atoms with Gasteiger partial charge in [0.1, 0.15) is 60.6 Å². The predicted molar refractivity (Wildman–Crippen MR) is 309 cm³/mol. The zero-order valence-electron chi connectivity index (χ0n) is 49.5. The Morgan fingerprint density at radius 2 is 0.714 bits per heavy atom. The van der Waals surface area contributed by atoms with Crippen LogP contribution in [-0.2, 0) is 65.9 Å². The summed E-state index contributed by atoms with van der Waals surface area (Å²) in [6.45, 7) is 18.4. The van der Waals surface area contributed by atoms with E-state index in [-0.39, 0.29) is 91.1 Å². The van der Waals surface area contributed by atoms with Gasteiger partial charge in [-0.3, -0.25) is 29.4 Å². The van der Waals surface area contributed by atoms with E-state index < -0.39 is 34.7 Å². The van der Waals surface area contributed by atoms with Gasteiger partial charge in [-0.25, -0.2) is 19.2 Å². The highest BCUT2D eigenvalue weighted by atomic mass is 16.6. The van der Waals surface area contributed by atoms with Crippen LogP contribution in [0.5, 0.6) is 23.0 Å². The van der Waals surface area contributed by atoms with E-state index in [1.165, 1.54) is 0 Å². The second kappa shape index (κ2) is 26.5. The molecule has 8 bridgehead atoms. The van der Waals surface area contributed by atoms with Gasteiger partial charge in [0.25, 0.3) is 0 Å². The number of hydrogen-bond donors (Lipinski definition) is 2. The summed E-state index contributed by atoms with van der Waals surface area (Å²) in [5.74, 6) is 2.10. The summed E-state index contributed by atoms with van der Waals surface area (Å²) in [5.41, 5.74) is 0.0734. The SMILES string of the molecule is CC(C)(C)OC(=O)NCCN1CCOCCOc2ccc3c4c2CN2C(=O)N5Cc6c(ccc(c6CN6C(=O)N(C4)C2(c2ccccc2)C56c2ccccc2)OCCOCCN(CCNC(=O)OC(C)(C)C)CCOCCO3)OCCOCC1. The van der Waals surface area contributed by atoms with Crippen molar-refractivity contribution in [3.63, 3.8) is 0 Å². The Balaban J connectivity index is 1.05. The minimum absolute atomic E-state index is 0.0390. The average Bonchev–Trinajstić information content (AvgIpc) is 1.51. The number of nitrogens with one attached hydrogen (secondary N) is 2. The lowest BCUT2D eigenvalue weighted by molar-refractivity contribution is -0.0796. The van der Waals surface area contributed by atoms with Crippen molar-refractivity contribution in [2.45, 2.75) is 90.2 Å². The van der Waals surface area contributed by atoms with Crippen molar-refractivity contribution in [2.24, 2.45) is 0 Å². The summed E-state index contributed by atoms with van der Waals surface area (Å²) in [5, 5.41) is 5.73. The van der Waals surface area contributed by atoms with Crippen LogP contribution in [0.3, 0.4) is 0 Å². The molecule has 0 aromatic heterocycles. The highest BCUT2D eigenvalue weighted by molar-refractivity contribution is 5.91. The van der Waals surface area contributed by atoms with Gasteiger partial charge in [-0.1, -0.05) is 60.7 Å². The first-order chi connectivity index (χ1) is 40.6. The standard InChI is InChI=1S/C62H82N8O14/c1-59(2,3)83-55(71)63-21-23-65-25-29-75-33-37-79-51-17-19-53-49-43-69-58(74)70-44-50-48(42-68-57(73)67(41-47(49)51)61(69,45-13-9-7-10-14-45)62(68,70)46-15-11-8-12-16-46)52(80-38-34-76-30-26-65)18-20-54(50)82-40-36-78-32-28-66(27-31-77-35-39-81-53)24-22-64-56(72)84-60(4,5)6/h7-20H,21-44H2,1-6H3,(H,63,71)(H,64,72). The number of ether oxygens (including phenoxy) is 10. The summed E-state index contributed by atoms with van der Waals surface area (Å²) < 4.78 is 62.7. The average molecular weight is 1160 g/mol. The Morgan fingerprint density at radius 3 is 0.988 bits per heavy atom. The van der Waals surface area contributed by atoms with Gasteiger partial charge in [0.05, 0.1) is 79.0 Å². The quantitative estimate of drug-likeness (QED) is 0.185. The lowest BCUT2D eigenvalue weighted by atomic mass is 9.79. The molecule has 6 amide bonds. The molecule has 0 spiro atoms. The van der Waals surface area contributed by atoms with Crippen molar-refractivity contribution in [1.82, 2.24) is 40.0 Å². The Labute approximate surface area is 492 Å². The molecule has 22 nitrogen and oxygen atoms in total. The number of urea groups is 2. The molecule has 6 aliphatic heterocycles. The van der Waals surface area contributed by atoms with Crippen molar-refractivity contribution in [3.8, 4) is 23.0 Å². The minimum atomic E-state index is -1.48. The molecule has 6 heterocycles. The van der Waals surface area contributed by atoms with Crippen LogP contribution in [0.2, 0.25) is 0 Å². The van der Waals surface area contributed by atoms with Gasteiger partial charge in [0, 0.05) is 85.7 Å². The first-order valence-corrected chi connectivity index (χ1v) is 29.4. The van der Waals surface area contributed by atoms with E-state index in [0.717, 1.165) is 11.1 Å². The predicted octanol–water partition coefficient (Wildman–Crippen LogP) is 6.86. The van der Waals surface area contributed by atoms with Gasteiger partial charge in [0.2, 0.25) is 0 Å². The van der Waals surface area contributed by atoms with E-state index in [1.807, 2.05) is 146 Å². The molecule has 0 atom stereocenters. The van der Waals surface area contributed by atoms with Crippen LogP contribution in [0.1, 0.15) is 74.9 Å². The van der Waals surface area contributed by atoms with Crippen LogP contribution >= 0.6 is 0 Å². The van der Waals surface area contributed by atoms with Crippen molar-refractivity contribution in [2.75, 3.05) is 132 Å². The fourth-order valence-electron chi connectivity index (χ4n) is 12.1. The van der Waals surface area contributed by atoms with Crippen LogP contribution in [0, 0.1) is 0 Å². The number of rotatable bonds is 8. The lowest BCUT2D eigenvalue weighted by Gasteiger charge is -2.49. The van der Waals surface area contributed by atoms with Gasteiger partial charge in [-0.15, -0.1) is 0 Å². The highest BCUT2D eigenvalue weighted by Gasteiger charge is 2.81. The van der Waals surface area contributed by atoms with Crippen LogP contribution < -0.4 is 29.6 Å². The molecular weight excluding hydrogens is 1080 g/mol. The normalized spacial score (nSPS) is 22.4. The molecular formula is C62H82N8O14. The molecule has 84 heavy (non-hydrogen) atoms. The number of carbonyl (C=O) groups is 4. The van der Waals surface area contributed by atoms with Gasteiger partial charge in [-0.05, 0) is 65.8 Å². The first kappa shape index (κ1) is 60.1. The molecule has 2 saturated heterocycles. The molecule has 4 aromatic rings. The smallest absolute Gasteiger partial charge is 0.407 e. The molecule has 10 rings (SSSR count). The maximum Gasteiger partial charge on any atom is 0.407 e. The van der Waals surface area contributed by atoms with E-state index in [4.69, 9.17) is 47.4 Å². The molecule has 2 fully saturated rings. The Hall–Kier alpha value is -7.08. The van der Waals surface area contributed by atoms with Gasteiger partial charge in [0.15, 0.2) is 11.3 Å². The maximum absolute atomic E-state index is 16.4. The lowest BCUT2D eigenvalue weighted by Crippen LogP contribution is -2.62. The molecule has 6 aliphatic rings. The summed E-state index contributed by atoms with van der Waals surface area (Å²) in [6, 6.07) is 26.6. The molecule has 0 saturated carbocycles. The fourth-order valence-corrected chi connectivity index (χ4v) is 12.1. The van der Waals surface area contributed by atoms with E-state index in [9.17, 15) is 9.59 Å². The van der Waals surface area contributed by atoms with Crippen molar-refractivity contribution >= 4 is 24.2 Å². The summed E-state index contributed by atoms with van der Waals surface area (Å²) in [7, 11) is 0. The van der Waals surface area contributed by atoms with E-state index in [1.54, 1.807) is 0 Å². The fraction of sp³-hybridized carbons (Fsp3) is 0.548. The number of alkyl carbamates (subject to hydrolysis) is 2. The van der Waals surface area contributed by atoms with E-state index in [2.05, 4.69) is 20.4 Å². The third-order valence-electron chi connectivity index (χ3n) is 15.6. The zero-order chi connectivity index (χ0) is 58.9. The van der Waals surface area contributed by atoms with Crippen molar-refractivity contribution in [3.05, 3.63) is 118 Å². The van der Waals surface area contributed by atoms with E-state index in [0.29, 0.717) is 124 Å². The largest absolute Gasteiger partial charge is 0.491 e. The molecule has 22 heteroatoms. The summed E-state index contributed by atoms with van der Waals surface area (Å²) in [4.78, 5) is 69.7. The molecule has 0 aliphatic carbocycles. The van der Waals surface area contributed by atoms with Crippen LogP contribution in [0.15, 0.2) is 84.9 Å². The van der Waals surface area contributed by atoms with Gasteiger partial charge < -0.3 is 58.0 Å². The Morgan fingerprint density at radius 1 is 0.429 bits per heavy atom. The number of hydrogen-bond acceptors (Lipinski definition) is 16. The Bertz CT molecular complexity index is 2620. The second-order valence-electron chi connectivity index (χ2n) is 23.4. The number of nitrogens with zero attached hydrogens (tertiary/aromatic N) is 6. The summed E-state index contributed by atoms with van der Waals surface area (Å²) >= 11 is 0. The maximum atomic E-state index is 16.4. The number of benzene rings is 4.